The van der Waals surface area contributed by atoms with E-state index in [-0.39, 0.29) is 31.3 Å². The molecule has 1 saturated heterocycles. The van der Waals surface area contributed by atoms with Crippen LogP contribution in [0.15, 0.2) is 41.6 Å². The Morgan fingerprint density at radius 1 is 1.16 bits per heavy atom. The van der Waals surface area contributed by atoms with Crippen molar-refractivity contribution in [2.45, 2.75) is 45.4 Å². The molecule has 1 N–H and O–H groups in total. The van der Waals surface area contributed by atoms with Crippen molar-refractivity contribution in [2.24, 2.45) is 5.16 Å². The third-order valence-electron chi connectivity index (χ3n) is 5.34. The number of piperidine rings is 1. The molecule has 0 aromatic heterocycles. The van der Waals surface area contributed by atoms with Crippen molar-refractivity contribution in [3.05, 3.63) is 53.1 Å². The number of esters is 1. The van der Waals surface area contributed by atoms with Gasteiger partial charge in [0.1, 0.15) is 12.4 Å². The molecule has 1 fully saturated rings. The molecular weight excluding hydrogens is 396 g/mol. The molecule has 0 spiro atoms. The molecule has 7 heteroatoms. The second kappa shape index (κ2) is 11.3. The maximum atomic E-state index is 12.6. The van der Waals surface area contributed by atoms with Crippen molar-refractivity contribution < 1.29 is 24.3 Å². The number of cyclic esters (lactones) is 1. The van der Waals surface area contributed by atoms with Gasteiger partial charge in [0.05, 0.1) is 11.3 Å². The van der Waals surface area contributed by atoms with Gasteiger partial charge in [0.15, 0.2) is 6.61 Å². The summed E-state index contributed by atoms with van der Waals surface area (Å²) in [4.78, 5) is 32.2. The van der Waals surface area contributed by atoms with Crippen molar-refractivity contribution in [2.75, 3.05) is 26.3 Å². The Hall–Kier alpha value is -3.09. The fourth-order valence-electron chi connectivity index (χ4n) is 3.79. The van der Waals surface area contributed by atoms with Crippen molar-refractivity contribution in [1.29, 1.82) is 0 Å². The maximum Gasteiger partial charge on any atom is 0.339 e. The van der Waals surface area contributed by atoms with Crippen LogP contribution in [0.5, 0.6) is 5.75 Å². The van der Waals surface area contributed by atoms with Gasteiger partial charge in [-0.05, 0) is 68.4 Å². The van der Waals surface area contributed by atoms with Crippen LogP contribution in [0.3, 0.4) is 0 Å². The van der Waals surface area contributed by atoms with Gasteiger partial charge in [-0.25, -0.2) is 4.79 Å². The number of benzene rings is 1. The van der Waals surface area contributed by atoms with E-state index in [0.29, 0.717) is 22.4 Å². The first-order valence-corrected chi connectivity index (χ1v) is 10.8. The lowest BCUT2D eigenvalue weighted by Gasteiger charge is -2.26. The summed E-state index contributed by atoms with van der Waals surface area (Å²) in [5.74, 6) is -0.445. The van der Waals surface area contributed by atoms with Crippen molar-refractivity contribution in [3.63, 3.8) is 0 Å². The van der Waals surface area contributed by atoms with Crippen LogP contribution < -0.4 is 0 Å². The average Bonchev–Trinajstić information content (AvgIpc) is 2.76. The Morgan fingerprint density at radius 2 is 1.94 bits per heavy atom. The molecule has 0 unspecified atom stereocenters. The second-order valence-electron chi connectivity index (χ2n) is 7.82. The Labute approximate surface area is 183 Å². The Morgan fingerprint density at radius 3 is 2.74 bits per heavy atom. The van der Waals surface area contributed by atoms with E-state index in [1.807, 2.05) is 29.2 Å². The van der Waals surface area contributed by atoms with Gasteiger partial charge >= 0.3 is 5.97 Å². The van der Waals surface area contributed by atoms with Gasteiger partial charge in [-0.2, -0.15) is 0 Å². The highest BCUT2D eigenvalue weighted by molar-refractivity contribution is 6.00. The molecule has 166 valence electrons. The third kappa shape index (κ3) is 6.70. The zero-order valence-electron chi connectivity index (χ0n) is 18.0. The topological polar surface area (TPSA) is 88.4 Å². The van der Waals surface area contributed by atoms with E-state index >= 15 is 0 Å². The highest BCUT2D eigenvalue weighted by Crippen LogP contribution is 2.24. The van der Waals surface area contributed by atoms with Crippen LogP contribution in [0.4, 0.5) is 0 Å². The molecule has 0 bridgehead atoms. The second-order valence-corrected chi connectivity index (χ2v) is 7.82. The molecule has 2 heterocycles. The van der Waals surface area contributed by atoms with Gasteiger partial charge in [-0.15, -0.1) is 0 Å². The van der Waals surface area contributed by atoms with E-state index in [4.69, 9.17) is 9.57 Å². The first kappa shape index (κ1) is 22.6. The fraction of sp³-hybridized carbons (Fsp3) is 0.458. The number of carbonyl (C=O) groups is 2. The summed E-state index contributed by atoms with van der Waals surface area (Å²) in [6.07, 6.45) is 12.7. The molecule has 0 atom stereocenters. The number of aryl methyl sites for hydroxylation is 1. The molecule has 2 aliphatic rings. The van der Waals surface area contributed by atoms with Crippen LogP contribution in [-0.4, -0.2) is 53.9 Å². The molecule has 0 aliphatic carbocycles. The van der Waals surface area contributed by atoms with Crippen LogP contribution in [0.25, 0.3) is 0 Å². The number of likely N-dealkylation sites (tertiary alicyclic amines) is 1. The summed E-state index contributed by atoms with van der Waals surface area (Å²) in [5.41, 5.74) is 2.20. The Kier molecular flexibility index (Phi) is 8.27. The van der Waals surface area contributed by atoms with E-state index in [2.05, 4.69) is 5.16 Å². The number of phenols is 1. The number of phenolic OH excluding ortho intramolecular Hbond substituents is 1. The van der Waals surface area contributed by atoms with Gasteiger partial charge in [0.25, 0.3) is 5.91 Å². The summed E-state index contributed by atoms with van der Waals surface area (Å²) >= 11 is 0. The molecule has 1 aromatic rings. The highest BCUT2D eigenvalue weighted by atomic mass is 16.6. The quantitative estimate of drug-likeness (QED) is 0.452. The lowest BCUT2D eigenvalue weighted by Crippen LogP contribution is -2.37. The molecule has 2 aliphatic heterocycles. The Balaban J connectivity index is 1.80. The number of hydrogen-bond donors (Lipinski definition) is 1. The number of hydrogen-bond acceptors (Lipinski definition) is 6. The van der Waals surface area contributed by atoms with Crippen molar-refractivity contribution in [3.8, 4) is 5.75 Å². The van der Waals surface area contributed by atoms with Gasteiger partial charge in [-0.1, -0.05) is 23.4 Å². The largest absolute Gasteiger partial charge is 0.508 e. The number of carbonyl (C=O) groups excluding carboxylic acids is 2. The standard InChI is InChI=1S/C24H30N2O5/c1-18-14-21(27)16-19-15-20(25-31-17-22(28)26-11-7-5-8-12-26)10-6-3-2-4-9-13-30-24(29)23(18)19/h4,6,9-10,14,16,27H,2-3,5,7-8,11-13,15,17H2,1H3/b9-4+,10-6+,25-20-. The molecule has 3 rings (SSSR count). The average molecular weight is 427 g/mol. The number of fused-ring (bicyclic) bond motifs is 1. The minimum Gasteiger partial charge on any atom is -0.508 e. The van der Waals surface area contributed by atoms with Crippen molar-refractivity contribution >= 4 is 17.6 Å². The summed E-state index contributed by atoms with van der Waals surface area (Å²) in [7, 11) is 0. The monoisotopic (exact) mass is 426 g/mol. The van der Waals surface area contributed by atoms with Gasteiger partial charge in [0, 0.05) is 19.5 Å². The lowest BCUT2D eigenvalue weighted by atomic mass is 9.97. The number of allylic oxidation sites excluding steroid dienone is 3. The molecule has 1 amide bonds. The zero-order valence-corrected chi connectivity index (χ0v) is 18.0. The van der Waals surface area contributed by atoms with Crippen LogP contribution >= 0.6 is 0 Å². The summed E-state index contributed by atoms with van der Waals surface area (Å²) in [6, 6.07) is 3.08. The number of aromatic hydroxyl groups is 1. The van der Waals surface area contributed by atoms with E-state index < -0.39 is 5.97 Å². The van der Waals surface area contributed by atoms with E-state index in [1.165, 1.54) is 6.07 Å². The predicted molar refractivity (Wildman–Crippen MR) is 118 cm³/mol. The number of nitrogens with zero attached hydrogens (tertiary/aromatic N) is 2. The minimum atomic E-state index is -0.444. The maximum absolute atomic E-state index is 12.6. The van der Waals surface area contributed by atoms with E-state index in [9.17, 15) is 14.7 Å². The van der Waals surface area contributed by atoms with E-state index in [1.54, 1.807) is 13.0 Å². The van der Waals surface area contributed by atoms with Crippen LogP contribution in [0.2, 0.25) is 0 Å². The smallest absolute Gasteiger partial charge is 0.339 e. The van der Waals surface area contributed by atoms with Crippen LogP contribution in [0.1, 0.15) is 53.6 Å². The first-order valence-electron chi connectivity index (χ1n) is 10.8. The minimum absolute atomic E-state index is 0.0674. The predicted octanol–water partition coefficient (Wildman–Crippen LogP) is 3.69. The number of oxime groups is 1. The lowest BCUT2D eigenvalue weighted by molar-refractivity contribution is -0.137. The normalized spacial score (nSPS) is 21.1. The fourth-order valence-corrected chi connectivity index (χ4v) is 3.79. The molecular formula is C24H30N2O5. The first-order chi connectivity index (χ1) is 15.0. The van der Waals surface area contributed by atoms with Gasteiger partial charge < -0.3 is 19.6 Å². The zero-order chi connectivity index (χ0) is 22.1. The number of ether oxygens (including phenoxy) is 1. The van der Waals surface area contributed by atoms with Crippen LogP contribution in [0, 0.1) is 6.92 Å². The summed E-state index contributed by atoms with van der Waals surface area (Å²) in [6.45, 7) is 3.37. The SMILES string of the molecule is Cc1cc(O)cc2c1C(=O)OC/C=C/CC/C=C/C(=N/OCC(=O)N1CCCCC1)C2. The van der Waals surface area contributed by atoms with Crippen LogP contribution in [-0.2, 0) is 20.8 Å². The molecule has 7 nitrogen and oxygen atoms in total. The molecule has 0 saturated carbocycles. The van der Waals surface area contributed by atoms with Gasteiger partial charge in [0.2, 0.25) is 0 Å². The van der Waals surface area contributed by atoms with Crippen molar-refractivity contribution in [1.82, 2.24) is 4.90 Å². The Bertz CT molecular complexity index is 882. The summed E-state index contributed by atoms with van der Waals surface area (Å²) in [5, 5.41) is 14.2. The molecule has 1 aromatic carbocycles. The van der Waals surface area contributed by atoms with E-state index in [0.717, 1.165) is 45.2 Å². The highest BCUT2D eigenvalue weighted by Gasteiger charge is 2.19. The number of rotatable bonds is 3. The van der Waals surface area contributed by atoms with Gasteiger partial charge in [-0.3, -0.25) is 4.79 Å². The summed E-state index contributed by atoms with van der Waals surface area (Å²) < 4.78 is 5.37. The number of amides is 1. The molecule has 31 heavy (non-hydrogen) atoms. The molecule has 0 radical (unpaired) electrons. The third-order valence-corrected chi connectivity index (χ3v) is 5.34.